The van der Waals surface area contributed by atoms with Crippen molar-refractivity contribution in [2.24, 2.45) is 0 Å². The van der Waals surface area contributed by atoms with Gasteiger partial charge in [0, 0.05) is 13.1 Å². The summed E-state index contributed by atoms with van der Waals surface area (Å²) in [5.74, 6) is -1.02. The molecule has 21 heavy (non-hydrogen) atoms. The van der Waals surface area contributed by atoms with E-state index in [1.165, 1.54) is 6.07 Å². The summed E-state index contributed by atoms with van der Waals surface area (Å²) >= 11 is 0. The number of nitrogens with two attached hydrogens (primary N) is 1. The Bertz CT molecular complexity index is 766. The number of ether oxygens (including phenoxy) is 1. The number of carboxylic acid groups (broad SMARTS) is 1. The number of hydrogen-bond acceptors (Lipinski definition) is 7. The molecule has 9 heteroatoms. The van der Waals surface area contributed by atoms with Gasteiger partial charge in [-0.1, -0.05) is 0 Å². The van der Waals surface area contributed by atoms with Gasteiger partial charge in [-0.25, -0.2) is 9.78 Å². The van der Waals surface area contributed by atoms with Crippen LogP contribution < -0.4 is 16.2 Å². The first-order valence-corrected chi connectivity index (χ1v) is 6.33. The molecule has 1 aliphatic rings. The molecular weight excluding hydrogens is 278 g/mol. The SMILES string of the molecule is Nc1nc2nc(N3CCOCC3)[nH]c(=O)c2cc1C(=O)O. The summed E-state index contributed by atoms with van der Waals surface area (Å²) < 4.78 is 5.24. The summed E-state index contributed by atoms with van der Waals surface area (Å²) in [6.45, 7) is 2.32. The van der Waals surface area contributed by atoms with Crippen LogP contribution in [-0.4, -0.2) is 52.3 Å². The maximum absolute atomic E-state index is 12.1. The number of aromatic carboxylic acids is 1. The first kappa shape index (κ1) is 13.3. The smallest absolute Gasteiger partial charge is 0.339 e. The Morgan fingerprint density at radius 3 is 2.76 bits per heavy atom. The monoisotopic (exact) mass is 291 g/mol. The molecule has 0 atom stereocenters. The fourth-order valence-electron chi connectivity index (χ4n) is 2.16. The third-order valence-corrected chi connectivity index (χ3v) is 3.25. The fraction of sp³-hybridized carbons (Fsp3) is 0.333. The van der Waals surface area contributed by atoms with E-state index in [1.54, 1.807) is 0 Å². The Morgan fingerprint density at radius 1 is 1.38 bits per heavy atom. The number of hydrogen-bond donors (Lipinski definition) is 3. The largest absolute Gasteiger partial charge is 0.478 e. The molecule has 0 aliphatic carbocycles. The molecule has 1 aliphatic heterocycles. The molecule has 2 aromatic rings. The van der Waals surface area contributed by atoms with Gasteiger partial charge in [0.1, 0.15) is 11.4 Å². The van der Waals surface area contributed by atoms with E-state index < -0.39 is 11.5 Å². The highest BCUT2D eigenvalue weighted by Gasteiger charge is 2.18. The van der Waals surface area contributed by atoms with E-state index in [9.17, 15) is 9.59 Å². The second-order valence-electron chi connectivity index (χ2n) is 4.59. The number of rotatable bonds is 2. The van der Waals surface area contributed by atoms with E-state index in [1.807, 2.05) is 4.90 Å². The van der Waals surface area contributed by atoms with E-state index in [-0.39, 0.29) is 22.4 Å². The van der Waals surface area contributed by atoms with Crippen molar-refractivity contribution < 1.29 is 14.6 Å². The summed E-state index contributed by atoms with van der Waals surface area (Å²) in [7, 11) is 0. The molecule has 9 nitrogen and oxygen atoms in total. The number of pyridine rings is 1. The lowest BCUT2D eigenvalue weighted by molar-refractivity contribution is 0.0698. The van der Waals surface area contributed by atoms with Gasteiger partial charge in [-0.2, -0.15) is 4.98 Å². The Morgan fingerprint density at radius 2 is 2.10 bits per heavy atom. The van der Waals surface area contributed by atoms with Gasteiger partial charge in [0.15, 0.2) is 5.65 Å². The molecule has 0 spiro atoms. The van der Waals surface area contributed by atoms with E-state index in [0.29, 0.717) is 32.3 Å². The molecule has 0 aromatic carbocycles. The number of nitrogens with one attached hydrogen (secondary N) is 1. The lowest BCUT2D eigenvalue weighted by Gasteiger charge is -2.27. The van der Waals surface area contributed by atoms with Crippen LogP contribution in [-0.2, 0) is 4.74 Å². The molecule has 110 valence electrons. The van der Waals surface area contributed by atoms with Crippen LogP contribution in [0.5, 0.6) is 0 Å². The number of H-pyrrole nitrogens is 1. The molecular formula is C12H13N5O4. The van der Waals surface area contributed by atoms with Crippen LogP contribution >= 0.6 is 0 Å². The van der Waals surface area contributed by atoms with Crippen molar-refractivity contribution in [1.82, 2.24) is 15.0 Å². The highest BCUT2D eigenvalue weighted by atomic mass is 16.5. The van der Waals surface area contributed by atoms with E-state index >= 15 is 0 Å². The van der Waals surface area contributed by atoms with Crippen LogP contribution in [0.4, 0.5) is 11.8 Å². The van der Waals surface area contributed by atoms with Crippen LogP contribution in [0.2, 0.25) is 0 Å². The molecule has 0 unspecified atom stereocenters. The molecule has 1 saturated heterocycles. The van der Waals surface area contributed by atoms with Gasteiger partial charge < -0.3 is 20.5 Å². The van der Waals surface area contributed by atoms with Gasteiger partial charge in [-0.15, -0.1) is 0 Å². The van der Waals surface area contributed by atoms with E-state index in [0.717, 1.165) is 0 Å². The minimum absolute atomic E-state index is 0.0959. The van der Waals surface area contributed by atoms with Crippen LogP contribution in [0.1, 0.15) is 10.4 Å². The van der Waals surface area contributed by atoms with Gasteiger partial charge in [0.2, 0.25) is 5.95 Å². The topological polar surface area (TPSA) is 134 Å². The summed E-state index contributed by atoms with van der Waals surface area (Å²) in [6, 6.07) is 1.19. The number of carbonyl (C=O) groups is 1. The van der Waals surface area contributed by atoms with Crippen molar-refractivity contribution in [3.05, 3.63) is 22.0 Å². The first-order valence-electron chi connectivity index (χ1n) is 6.33. The minimum Gasteiger partial charge on any atom is -0.478 e. The molecule has 0 bridgehead atoms. The molecule has 2 aromatic heterocycles. The number of aromatic nitrogens is 3. The maximum Gasteiger partial charge on any atom is 0.339 e. The molecule has 0 radical (unpaired) electrons. The fourth-order valence-corrected chi connectivity index (χ4v) is 2.16. The maximum atomic E-state index is 12.1. The van der Waals surface area contributed by atoms with Crippen LogP contribution in [0, 0.1) is 0 Å². The molecule has 3 rings (SSSR count). The van der Waals surface area contributed by atoms with Crippen LogP contribution in [0.25, 0.3) is 11.0 Å². The molecule has 0 amide bonds. The van der Waals surface area contributed by atoms with Crippen LogP contribution in [0.15, 0.2) is 10.9 Å². The normalized spacial score (nSPS) is 15.3. The Hall–Kier alpha value is -2.68. The standard InChI is InChI=1S/C12H13N5O4/c13-8-6(11(19)20)5-7-9(14-8)15-12(16-10(7)18)17-1-3-21-4-2-17/h5H,1-4H2,(H,19,20)(H3,13,14,15,16,18). The molecule has 0 saturated carbocycles. The average molecular weight is 291 g/mol. The van der Waals surface area contributed by atoms with Gasteiger partial charge in [0.25, 0.3) is 5.56 Å². The third kappa shape index (κ3) is 2.38. The summed E-state index contributed by atoms with van der Waals surface area (Å²) in [6.07, 6.45) is 0. The molecule has 4 N–H and O–H groups in total. The summed E-state index contributed by atoms with van der Waals surface area (Å²) in [5, 5.41) is 9.10. The zero-order valence-electron chi connectivity index (χ0n) is 11.0. The first-order chi connectivity index (χ1) is 10.1. The van der Waals surface area contributed by atoms with Crippen molar-refractivity contribution in [3.63, 3.8) is 0 Å². The highest BCUT2D eigenvalue weighted by Crippen LogP contribution is 2.16. The number of carboxylic acids is 1. The van der Waals surface area contributed by atoms with Gasteiger partial charge >= 0.3 is 5.97 Å². The van der Waals surface area contributed by atoms with Crippen molar-refractivity contribution in [3.8, 4) is 0 Å². The van der Waals surface area contributed by atoms with E-state index in [4.69, 9.17) is 15.6 Å². The Kier molecular flexibility index (Phi) is 3.18. The summed E-state index contributed by atoms with van der Waals surface area (Å²) in [4.78, 5) is 35.8. The third-order valence-electron chi connectivity index (χ3n) is 3.25. The number of anilines is 2. The summed E-state index contributed by atoms with van der Waals surface area (Å²) in [5.41, 5.74) is 5.05. The lowest BCUT2D eigenvalue weighted by atomic mass is 10.2. The second kappa shape index (κ2) is 5.02. The van der Waals surface area contributed by atoms with Crippen molar-refractivity contribution in [2.45, 2.75) is 0 Å². The zero-order chi connectivity index (χ0) is 15.0. The van der Waals surface area contributed by atoms with Crippen molar-refractivity contribution in [1.29, 1.82) is 0 Å². The van der Waals surface area contributed by atoms with Gasteiger partial charge in [-0.05, 0) is 6.07 Å². The predicted octanol–water partition coefficient (Wildman–Crippen LogP) is -0.565. The lowest BCUT2D eigenvalue weighted by Crippen LogP contribution is -2.38. The molecule has 1 fully saturated rings. The highest BCUT2D eigenvalue weighted by molar-refractivity contribution is 5.96. The zero-order valence-corrected chi connectivity index (χ0v) is 11.0. The number of nitrogen functional groups attached to an aromatic ring is 1. The van der Waals surface area contributed by atoms with E-state index in [2.05, 4.69) is 15.0 Å². The number of fused-ring (bicyclic) bond motifs is 1. The van der Waals surface area contributed by atoms with Gasteiger partial charge in [0.05, 0.1) is 18.6 Å². The molecule has 3 heterocycles. The predicted molar refractivity (Wildman–Crippen MR) is 74.6 cm³/mol. The van der Waals surface area contributed by atoms with Crippen LogP contribution in [0.3, 0.4) is 0 Å². The minimum atomic E-state index is -1.24. The van der Waals surface area contributed by atoms with Crippen molar-refractivity contribution in [2.75, 3.05) is 36.9 Å². The van der Waals surface area contributed by atoms with Gasteiger partial charge in [-0.3, -0.25) is 9.78 Å². The van der Waals surface area contributed by atoms with Crippen molar-refractivity contribution >= 4 is 28.8 Å². The number of nitrogens with zero attached hydrogens (tertiary/aromatic N) is 3. The second-order valence-corrected chi connectivity index (χ2v) is 4.59. The number of morpholine rings is 1. The quantitative estimate of drug-likeness (QED) is 0.670. The Labute approximate surface area is 118 Å². The average Bonchev–Trinajstić information content (AvgIpc) is 2.47. The Balaban J connectivity index is 2.13. The number of aromatic amines is 1.